The minimum Gasteiger partial charge on any atom is -0.377 e. The minimum absolute atomic E-state index is 0.0301. The van der Waals surface area contributed by atoms with Gasteiger partial charge < -0.3 is 15.8 Å². The molecule has 0 spiro atoms. The molecule has 0 bridgehead atoms. The Labute approximate surface area is 116 Å². The largest absolute Gasteiger partial charge is 0.391 e. The minimum atomic E-state index is -4.27. The van der Waals surface area contributed by atoms with Gasteiger partial charge >= 0.3 is 6.18 Å². The van der Waals surface area contributed by atoms with Crippen LogP contribution in [-0.4, -0.2) is 36.9 Å². The van der Waals surface area contributed by atoms with Crippen molar-refractivity contribution in [3.63, 3.8) is 0 Å². The van der Waals surface area contributed by atoms with Gasteiger partial charge in [0.25, 0.3) is 0 Å². The SMILES string of the molecule is NC(=O)C1(NCC2CCCO2)CCCC(C(F)(F)F)C1. The first-order valence-electron chi connectivity index (χ1n) is 7.07. The fraction of sp³-hybridized carbons (Fsp3) is 0.923. The number of hydrogen-bond acceptors (Lipinski definition) is 3. The van der Waals surface area contributed by atoms with E-state index in [0.29, 0.717) is 26.0 Å². The molecule has 20 heavy (non-hydrogen) atoms. The molecule has 0 radical (unpaired) electrons. The second-order valence-electron chi connectivity index (χ2n) is 5.80. The van der Waals surface area contributed by atoms with E-state index in [0.717, 1.165) is 12.8 Å². The summed E-state index contributed by atoms with van der Waals surface area (Å²) in [7, 11) is 0. The lowest BCUT2D eigenvalue weighted by Crippen LogP contribution is -2.60. The molecule has 116 valence electrons. The average Bonchev–Trinajstić information content (AvgIpc) is 2.88. The quantitative estimate of drug-likeness (QED) is 0.830. The zero-order chi connectivity index (χ0) is 14.8. The second kappa shape index (κ2) is 5.89. The van der Waals surface area contributed by atoms with Gasteiger partial charge in [0.15, 0.2) is 0 Å². The van der Waals surface area contributed by atoms with Gasteiger partial charge in [-0.1, -0.05) is 6.42 Å². The van der Waals surface area contributed by atoms with Crippen molar-refractivity contribution in [1.82, 2.24) is 5.32 Å². The van der Waals surface area contributed by atoms with Crippen LogP contribution in [0.5, 0.6) is 0 Å². The van der Waals surface area contributed by atoms with Gasteiger partial charge in [-0.15, -0.1) is 0 Å². The smallest absolute Gasteiger partial charge is 0.377 e. The van der Waals surface area contributed by atoms with Crippen LogP contribution in [0.3, 0.4) is 0 Å². The first-order chi connectivity index (χ1) is 9.33. The summed E-state index contributed by atoms with van der Waals surface area (Å²) in [5.74, 6) is -2.15. The summed E-state index contributed by atoms with van der Waals surface area (Å²) in [6, 6.07) is 0. The predicted octanol–water partition coefficient (Wildman–Crippen LogP) is 1.73. The van der Waals surface area contributed by atoms with Crippen molar-refractivity contribution in [1.29, 1.82) is 0 Å². The Morgan fingerprint density at radius 1 is 1.35 bits per heavy atom. The van der Waals surface area contributed by atoms with Crippen molar-refractivity contribution in [3.8, 4) is 0 Å². The van der Waals surface area contributed by atoms with E-state index in [4.69, 9.17) is 10.5 Å². The normalized spacial score (nSPS) is 35.1. The van der Waals surface area contributed by atoms with E-state index < -0.39 is 23.5 Å². The number of alkyl halides is 3. The highest BCUT2D eigenvalue weighted by molar-refractivity contribution is 5.84. The predicted molar refractivity (Wildman–Crippen MR) is 66.9 cm³/mol. The lowest BCUT2D eigenvalue weighted by Gasteiger charge is -2.40. The molecule has 1 aliphatic heterocycles. The molecule has 3 N–H and O–H groups in total. The van der Waals surface area contributed by atoms with Gasteiger partial charge in [0, 0.05) is 13.2 Å². The molecule has 0 aromatic heterocycles. The number of ether oxygens (including phenoxy) is 1. The molecule has 0 aromatic carbocycles. The number of amides is 1. The monoisotopic (exact) mass is 294 g/mol. The Hall–Kier alpha value is -0.820. The van der Waals surface area contributed by atoms with Gasteiger partial charge in [0.2, 0.25) is 5.91 Å². The molecule has 2 fully saturated rings. The van der Waals surface area contributed by atoms with Crippen LogP contribution in [0.2, 0.25) is 0 Å². The maximum absolute atomic E-state index is 12.9. The van der Waals surface area contributed by atoms with Crippen molar-refractivity contribution in [3.05, 3.63) is 0 Å². The number of primary amides is 1. The van der Waals surface area contributed by atoms with Gasteiger partial charge in [0.1, 0.15) is 0 Å². The van der Waals surface area contributed by atoms with Crippen LogP contribution in [0, 0.1) is 5.92 Å². The van der Waals surface area contributed by atoms with E-state index in [-0.39, 0.29) is 18.9 Å². The Morgan fingerprint density at radius 3 is 2.65 bits per heavy atom. The molecule has 2 aliphatic rings. The van der Waals surface area contributed by atoms with Crippen LogP contribution in [0.25, 0.3) is 0 Å². The molecule has 1 heterocycles. The van der Waals surface area contributed by atoms with E-state index in [1.54, 1.807) is 0 Å². The van der Waals surface area contributed by atoms with Crippen LogP contribution in [0.1, 0.15) is 38.5 Å². The number of nitrogens with one attached hydrogen (secondary N) is 1. The standard InChI is InChI=1S/C13H21F3N2O2/c14-13(15,16)9-3-1-5-12(7-9,11(17)19)18-8-10-4-2-6-20-10/h9-10,18H,1-8H2,(H2,17,19). The maximum atomic E-state index is 12.9. The Morgan fingerprint density at radius 2 is 2.10 bits per heavy atom. The summed E-state index contributed by atoms with van der Waals surface area (Å²) in [5.41, 5.74) is 4.14. The van der Waals surface area contributed by atoms with E-state index in [2.05, 4.69) is 5.32 Å². The Kier molecular flexibility index (Phi) is 4.59. The molecule has 2 rings (SSSR count). The van der Waals surface area contributed by atoms with E-state index in [9.17, 15) is 18.0 Å². The van der Waals surface area contributed by atoms with Gasteiger partial charge in [-0.2, -0.15) is 13.2 Å². The van der Waals surface area contributed by atoms with Crippen LogP contribution in [0.15, 0.2) is 0 Å². The van der Waals surface area contributed by atoms with Crippen molar-refractivity contribution < 1.29 is 22.7 Å². The molecule has 3 unspecified atom stereocenters. The number of nitrogens with two attached hydrogens (primary N) is 1. The molecule has 1 amide bonds. The Balaban J connectivity index is 2.02. The lowest BCUT2D eigenvalue weighted by molar-refractivity contribution is -0.189. The third kappa shape index (κ3) is 3.44. The zero-order valence-electron chi connectivity index (χ0n) is 11.3. The molecule has 1 aliphatic carbocycles. The summed E-state index contributed by atoms with van der Waals surface area (Å²) in [6.45, 7) is 1.05. The first-order valence-corrected chi connectivity index (χ1v) is 7.07. The molecular formula is C13H21F3N2O2. The molecule has 3 atom stereocenters. The molecular weight excluding hydrogens is 273 g/mol. The van der Waals surface area contributed by atoms with Gasteiger partial charge in [0.05, 0.1) is 17.6 Å². The molecule has 1 saturated carbocycles. The van der Waals surface area contributed by atoms with Crippen molar-refractivity contribution >= 4 is 5.91 Å². The molecule has 4 nitrogen and oxygen atoms in total. The van der Waals surface area contributed by atoms with Crippen LogP contribution >= 0.6 is 0 Å². The average molecular weight is 294 g/mol. The number of carbonyl (C=O) groups is 1. The van der Waals surface area contributed by atoms with Gasteiger partial charge in [-0.05, 0) is 32.1 Å². The highest BCUT2D eigenvalue weighted by Crippen LogP contribution is 2.41. The van der Waals surface area contributed by atoms with Crippen LogP contribution < -0.4 is 11.1 Å². The number of halogens is 3. The Bertz CT molecular complexity index is 356. The van der Waals surface area contributed by atoms with E-state index >= 15 is 0 Å². The lowest BCUT2D eigenvalue weighted by atomic mass is 9.74. The number of carbonyl (C=O) groups excluding carboxylic acids is 1. The summed E-state index contributed by atoms with van der Waals surface area (Å²) < 4.78 is 44.1. The summed E-state index contributed by atoms with van der Waals surface area (Å²) in [6.07, 6.45) is -1.97. The summed E-state index contributed by atoms with van der Waals surface area (Å²) >= 11 is 0. The van der Waals surface area contributed by atoms with Crippen molar-refractivity contribution in [2.24, 2.45) is 11.7 Å². The topological polar surface area (TPSA) is 64.4 Å². The summed E-state index contributed by atoms with van der Waals surface area (Å²) in [4.78, 5) is 11.7. The summed E-state index contributed by atoms with van der Waals surface area (Å²) in [5, 5.41) is 2.98. The van der Waals surface area contributed by atoms with Crippen molar-refractivity contribution in [2.75, 3.05) is 13.2 Å². The molecule has 1 saturated heterocycles. The molecule has 0 aromatic rings. The highest BCUT2D eigenvalue weighted by atomic mass is 19.4. The van der Waals surface area contributed by atoms with Gasteiger partial charge in [-0.25, -0.2) is 0 Å². The zero-order valence-corrected chi connectivity index (χ0v) is 11.3. The maximum Gasteiger partial charge on any atom is 0.391 e. The second-order valence-corrected chi connectivity index (χ2v) is 5.80. The van der Waals surface area contributed by atoms with Crippen molar-refractivity contribution in [2.45, 2.75) is 56.3 Å². The molecule has 7 heteroatoms. The first kappa shape index (κ1) is 15.6. The third-order valence-electron chi connectivity index (χ3n) is 4.38. The fourth-order valence-corrected chi connectivity index (χ4v) is 3.14. The highest BCUT2D eigenvalue weighted by Gasteiger charge is 2.50. The van der Waals surface area contributed by atoms with Crippen LogP contribution in [0.4, 0.5) is 13.2 Å². The van der Waals surface area contributed by atoms with E-state index in [1.165, 1.54) is 0 Å². The third-order valence-corrected chi connectivity index (χ3v) is 4.38. The van der Waals surface area contributed by atoms with Gasteiger partial charge in [-0.3, -0.25) is 4.79 Å². The van der Waals surface area contributed by atoms with E-state index in [1.807, 2.05) is 0 Å². The number of rotatable bonds is 4. The fourth-order valence-electron chi connectivity index (χ4n) is 3.14. The van der Waals surface area contributed by atoms with Crippen LogP contribution in [-0.2, 0) is 9.53 Å². The number of hydrogen-bond donors (Lipinski definition) is 2.